The van der Waals surface area contributed by atoms with Gasteiger partial charge in [0.25, 0.3) is 0 Å². The number of H-pyrrole nitrogens is 1. The van der Waals surface area contributed by atoms with Gasteiger partial charge in [0, 0.05) is 24.2 Å². The molecular formula is C17H25N3. The smallest absolute Gasteiger partial charge is 0.0651 e. The number of hydrogen-bond donors (Lipinski definition) is 1. The fraction of sp³-hybridized carbons (Fsp3) is 0.588. The first-order valence-electron chi connectivity index (χ1n) is 8.05. The number of aromatic nitrogens is 2. The maximum absolute atomic E-state index is 4.12. The molecule has 0 radical (unpaired) electrons. The maximum Gasteiger partial charge on any atom is 0.0651 e. The lowest BCUT2D eigenvalue weighted by Crippen LogP contribution is -2.31. The van der Waals surface area contributed by atoms with Crippen LogP contribution in [0.15, 0.2) is 24.4 Å². The standard InChI is InChI=1S/C17H25N3/c1-2-10-20(13-14-6-4-3-5-7-14)16-8-9-17-15(11-16)12-18-19-17/h8-9,11-12,14H,2-7,10,13H2,1H3,(H,18,19). The number of nitrogens with zero attached hydrogens (tertiary/aromatic N) is 2. The van der Waals surface area contributed by atoms with Gasteiger partial charge < -0.3 is 4.90 Å². The van der Waals surface area contributed by atoms with Crippen molar-refractivity contribution in [2.45, 2.75) is 45.4 Å². The molecule has 2 aromatic rings. The number of hydrogen-bond acceptors (Lipinski definition) is 2. The van der Waals surface area contributed by atoms with Crippen molar-refractivity contribution in [3.05, 3.63) is 24.4 Å². The lowest BCUT2D eigenvalue weighted by Gasteiger charge is -2.31. The summed E-state index contributed by atoms with van der Waals surface area (Å²) in [5, 5.41) is 8.37. The second-order valence-corrected chi connectivity index (χ2v) is 6.09. The van der Waals surface area contributed by atoms with Gasteiger partial charge in [-0.1, -0.05) is 26.2 Å². The summed E-state index contributed by atoms with van der Waals surface area (Å²) in [4.78, 5) is 2.57. The zero-order valence-corrected chi connectivity index (χ0v) is 12.4. The molecule has 20 heavy (non-hydrogen) atoms. The van der Waals surface area contributed by atoms with E-state index >= 15 is 0 Å². The van der Waals surface area contributed by atoms with Crippen molar-refractivity contribution in [1.29, 1.82) is 0 Å². The molecule has 1 fully saturated rings. The van der Waals surface area contributed by atoms with Crippen molar-refractivity contribution in [3.8, 4) is 0 Å². The summed E-state index contributed by atoms with van der Waals surface area (Å²) in [6.07, 6.45) is 10.2. The van der Waals surface area contributed by atoms with Gasteiger partial charge in [-0.05, 0) is 43.4 Å². The molecule has 3 rings (SSSR count). The molecule has 1 saturated carbocycles. The van der Waals surface area contributed by atoms with Gasteiger partial charge in [-0.25, -0.2) is 0 Å². The number of anilines is 1. The van der Waals surface area contributed by atoms with Gasteiger partial charge in [0.05, 0.1) is 11.7 Å². The van der Waals surface area contributed by atoms with E-state index in [1.54, 1.807) is 0 Å². The van der Waals surface area contributed by atoms with Gasteiger partial charge in [-0.15, -0.1) is 0 Å². The Bertz CT molecular complexity index is 540. The van der Waals surface area contributed by atoms with E-state index < -0.39 is 0 Å². The molecule has 1 N–H and O–H groups in total. The molecule has 0 atom stereocenters. The number of aromatic amines is 1. The Kier molecular flexibility index (Phi) is 4.24. The second kappa shape index (κ2) is 6.29. The largest absolute Gasteiger partial charge is 0.371 e. The molecule has 0 spiro atoms. The molecule has 0 unspecified atom stereocenters. The lowest BCUT2D eigenvalue weighted by atomic mass is 9.89. The highest BCUT2D eigenvalue weighted by Gasteiger charge is 2.17. The molecule has 1 aliphatic rings. The van der Waals surface area contributed by atoms with Crippen molar-refractivity contribution in [3.63, 3.8) is 0 Å². The van der Waals surface area contributed by atoms with Crippen LogP contribution in [-0.2, 0) is 0 Å². The molecule has 1 aliphatic carbocycles. The first-order chi connectivity index (χ1) is 9.86. The summed E-state index contributed by atoms with van der Waals surface area (Å²) >= 11 is 0. The van der Waals surface area contributed by atoms with E-state index in [4.69, 9.17) is 0 Å². The number of nitrogens with one attached hydrogen (secondary N) is 1. The van der Waals surface area contributed by atoms with E-state index in [-0.39, 0.29) is 0 Å². The Morgan fingerprint density at radius 3 is 2.90 bits per heavy atom. The maximum atomic E-state index is 4.12. The van der Waals surface area contributed by atoms with Gasteiger partial charge in [0.15, 0.2) is 0 Å². The minimum Gasteiger partial charge on any atom is -0.371 e. The Labute approximate surface area is 121 Å². The van der Waals surface area contributed by atoms with Crippen LogP contribution in [0.3, 0.4) is 0 Å². The van der Waals surface area contributed by atoms with Gasteiger partial charge in [0.2, 0.25) is 0 Å². The fourth-order valence-electron chi connectivity index (χ4n) is 3.40. The number of benzene rings is 1. The van der Waals surface area contributed by atoms with Crippen LogP contribution < -0.4 is 4.90 Å². The summed E-state index contributed by atoms with van der Waals surface area (Å²) in [5.41, 5.74) is 2.48. The predicted octanol–water partition coefficient (Wildman–Crippen LogP) is 4.36. The third kappa shape index (κ3) is 2.97. The van der Waals surface area contributed by atoms with Gasteiger partial charge in [0.1, 0.15) is 0 Å². The van der Waals surface area contributed by atoms with Crippen LogP contribution in [0.1, 0.15) is 45.4 Å². The van der Waals surface area contributed by atoms with E-state index in [1.165, 1.54) is 56.1 Å². The van der Waals surface area contributed by atoms with E-state index in [9.17, 15) is 0 Å². The fourth-order valence-corrected chi connectivity index (χ4v) is 3.40. The Morgan fingerprint density at radius 1 is 1.25 bits per heavy atom. The zero-order chi connectivity index (χ0) is 13.8. The SMILES string of the molecule is CCCN(CC1CCCCC1)c1ccc2[nH]ncc2c1. The molecule has 0 amide bonds. The van der Waals surface area contributed by atoms with E-state index in [1.807, 2.05) is 6.20 Å². The van der Waals surface area contributed by atoms with Crippen molar-refractivity contribution in [2.75, 3.05) is 18.0 Å². The van der Waals surface area contributed by atoms with E-state index in [2.05, 4.69) is 40.2 Å². The zero-order valence-electron chi connectivity index (χ0n) is 12.4. The molecule has 1 aromatic heterocycles. The number of fused-ring (bicyclic) bond motifs is 1. The van der Waals surface area contributed by atoms with E-state index in [0.717, 1.165) is 18.0 Å². The molecule has 3 heteroatoms. The van der Waals surface area contributed by atoms with Crippen LogP contribution in [0, 0.1) is 5.92 Å². The Morgan fingerprint density at radius 2 is 2.10 bits per heavy atom. The van der Waals surface area contributed by atoms with Crippen LogP contribution in [0.5, 0.6) is 0 Å². The average molecular weight is 271 g/mol. The van der Waals surface area contributed by atoms with Gasteiger partial charge in [-0.3, -0.25) is 5.10 Å². The molecular weight excluding hydrogens is 246 g/mol. The third-order valence-electron chi connectivity index (χ3n) is 4.49. The second-order valence-electron chi connectivity index (χ2n) is 6.09. The average Bonchev–Trinajstić information content (AvgIpc) is 2.95. The molecule has 0 aliphatic heterocycles. The first kappa shape index (κ1) is 13.5. The highest BCUT2D eigenvalue weighted by atomic mass is 15.1. The van der Waals surface area contributed by atoms with Crippen LogP contribution in [0.25, 0.3) is 10.9 Å². The molecule has 1 aromatic carbocycles. The summed E-state index contributed by atoms with van der Waals surface area (Å²) in [6.45, 7) is 4.64. The molecule has 0 saturated heterocycles. The van der Waals surface area contributed by atoms with E-state index in [0.29, 0.717) is 0 Å². The van der Waals surface area contributed by atoms with Gasteiger partial charge >= 0.3 is 0 Å². The quantitative estimate of drug-likeness (QED) is 0.876. The minimum atomic E-state index is 0.885. The molecule has 108 valence electrons. The summed E-state index contributed by atoms with van der Waals surface area (Å²) in [7, 11) is 0. The van der Waals surface area contributed by atoms with Gasteiger partial charge in [-0.2, -0.15) is 5.10 Å². The van der Waals surface area contributed by atoms with Crippen LogP contribution in [-0.4, -0.2) is 23.3 Å². The third-order valence-corrected chi connectivity index (χ3v) is 4.49. The highest BCUT2D eigenvalue weighted by molar-refractivity contribution is 5.82. The number of rotatable bonds is 5. The highest BCUT2D eigenvalue weighted by Crippen LogP contribution is 2.27. The Balaban J connectivity index is 1.77. The summed E-state index contributed by atoms with van der Waals surface area (Å²) < 4.78 is 0. The van der Waals surface area contributed by atoms with Crippen molar-refractivity contribution in [2.24, 2.45) is 5.92 Å². The molecule has 1 heterocycles. The lowest BCUT2D eigenvalue weighted by molar-refractivity contribution is 0.358. The van der Waals surface area contributed by atoms with Crippen molar-refractivity contribution >= 4 is 16.6 Å². The first-order valence-corrected chi connectivity index (χ1v) is 8.05. The normalized spacial score (nSPS) is 16.6. The summed E-state index contributed by atoms with van der Waals surface area (Å²) in [5.74, 6) is 0.885. The van der Waals surface area contributed by atoms with Crippen molar-refractivity contribution < 1.29 is 0 Å². The minimum absolute atomic E-state index is 0.885. The van der Waals surface area contributed by atoms with Crippen LogP contribution >= 0.6 is 0 Å². The summed E-state index contributed by atoms with van der Waals surface area (Å²) in [6, 6.07) is 6.66. The van der Waals surface area contributed by atoms with Crippen LogP contribution in [0.4, 0.5) is 5.69 Å². The molecule has 0 bridgehead atoms. The monoisotopic (exact) mass is 271 g/mol. The molecule has 3 nitrogen and oxygen atoms in total. The van der Waals surface area contributed by atoms with Crippen LogP contribution in [0.2, 0.25) is 0 Å². The Hall–Kier alpha value is -1.51. The predicted molar refractivity (Wildman–Crippen MR) is 85.2 cm³/mol. The topological polar surface area (TPSA) is 31.9 Å². The van der Waals surface area contributed by atoms with Crippen molar-refractivity contribution in [1.82, 2.24) is 10.2 Å².